The van der Waals surface area contributed by atoms with Crippen LogP contribution in [0.5, 0.6) is 0 Å². The highest BCUT2D eigenvalue weighted by Crippen LogP contribution is 2.32. The molecule has 0 aromatic carbocycles. The first-order valence-electron chi connectivity index (χ1n) is 6.05. The number of aryl methyl sites for hydroxylation is 1. The van der Waals surface area contributed by atoms with Crippen molar-refractivity contribution in [3.8, 4) is 0 Å². The van der Waals surface area contributed by atoms with E-state index in [1.807, 2.05) is 6.92 Å². The zero-order chi connectivity index (χ0) is 12.6. The molecule has 0 aliphatic heterocycles. The Bertz CT molecular complexity index is 450. The number of Topliss-reactive ketones (excluding diaryl/α,β-unsaturated/α-hetero) is 2. The molecule has 1 heterocycles. The summed E-state index contributed by atoms with van der Waals surface area (Å²) in [5.41, 5.74) is 0.409. The molecular formula is C13H18N2O2. The van der Waals surface area contributed by atoms with Gasteiger partial charge in [0, 0.05) is 19.7 Å². The molecule has 0 bridgehead atoms. The quantitative estimate of drug-likeness (QED) is 0.579. The lowest BCUT2D eigenvalue weighted by molar-refractivity contribution is -0.125. The average molecular weight is 234 g/mol. The topological polar surface area (TPSA) is 52.0 Å². The van der Waals surface area contributed by atoms with E-state index >= 15 is 0 Å². The molecule has 4 heteroatoms. The van der Waals surface area contributed by atoms with E-state index in [0.717, 1.165) is 6.42 Å². The third-order valence-corrected chi connectivity index (χ3v) is 3.49. The van der Waals surface area contributed by atoms with Crippen LogP contribution in [0.2, 0.25) is 0 Å². The summed E-state index contributed by atoms with van der Waals surface area (Å²) >= 11 is 0. The molecule has 3 atom stereocenters. The van der Waals surface area contributed by atoms with Crippen LogP contribution in [-0.4, -0.2) is 21.3 Å². The van der Waals surface area contributed by atoms with Gasteiger partial charge in [-0.05, 0) is 24.3 Å². The molecule has 1 fully saturated rings. The fourth-order valence-corrected chi connectivity index (χ4v) is 2.75. The number of carbonyl (C=O) groups excluding carboxylic acids is 2. The van der Waals surface area contributed by atoms with E-state index < -0.39 is 5.92 Å². The molecule has 1 aliphatic carbocycles. The Morgan fingerprint density at radius 2 is 2.18 bits per heavy atom. The van der Waals surface area contributed by atoms with Crippen molar-refractivity contribution < 1.29 is 9.59 Å². The standard InChI is InChI=1S/C13H18N2O2/c1-8-6-9(2)12(11(16)7-8)13(17)10-4-5-15(3)14-10/h4-5,8-9,12H,6-7H2,1-3H3. The first-order valence-corrected chi connectivity index (χ1v) is 6.05. The highest BCUT2D eigenvalue weighted by atomic mass is 16.2. The fourth-order valence-electron chi connectivity index (χ4n) is 2.75. The molecule has 4 nitrogen and oxygen atoms in total. The third-order valence-electron chi connectivity index (χ3n) is 3.49. The lowest BCUT2D eigenvalue weighted by atomic mass is 9.72. The van der Waals surface area contributed by atoms with Crippen LogP contribution in [0, 0.1) is 17.8 Å². The minimum absolute atomic E-state index is 0.0758. The highest BCUT2D eigenvalue weighted by Gasteiger charge is 2.38. The minimum atomic E-state index is -0.485. The summed E-state index contributed by atoms with van der Waals surface area (Å²) in [6, 6.07) is 1.68. The molecule has 1 aliphatic rings. The SMILES string of the molecule is CC1CC(=O)C(C(=O)c2ccn(C)n2)C(C)C1. The summed E-state index contributed by atoms with van der Waals surface area (Å²) < 4.78 is 1.59. The fraction of sp³-hybridized carbons (Fsp3) is 0.615. The van der Waals surface area contributed by atoms with Gasteiger partial charge in [0.15, 0.2) is 5.78 Å². The molecule has 92 valence electrons. The zero-order valence-electron chi connectivity index (χ0n) is 10.5. The molecule has 3 unspecified atom stereocenters. The van der Waals surface area contributed by atoms with Gasteiger partial charge < -0.3 is 0 Å². The van der Waals surface area contributed by atoms with E-state index in [1.165, 1.54) is 0 Å². The van der Waals surface area contributed by atoms with Gasteiger partial charge in [0.05, 0.1) is 5.92 Å². The maximum atomic E-state index is 12.2. The number of hydrogen-bond donors (Lipinski definition) is 0. The summed E-state index contributed by atoms with van der Waals surface area (Å²) in [7, 11) is 1.77. The predicted octanol–water partition coefficient (Wildman–Crippen LogP) is 1.85. The van der Waals surface area contributed by atoms with Gasteiger partial charge in [0.25, 0.3) is 0 Å². The van der Waals surface area contributed by atoms with Crippen LogP contribution in [0.1, 0.15) is 37.2 Å². The number of aromatic nitrogens is 2. The van der Waals surface area contributed by atoms with Crippen LogP contribution in [0.25, 0.3) is 0 Å². The Kier molecular flexibility index (Phi) is 3.13. The van der Waals surface area contributed by atoms with Crippen LogP contribution in [0.15, 0.2) is 12.3 Å². The Hall–Kier alpha value is -1.45. The number of ketones is 2. The largest absolute Gasteiger partial charge is 0.299 e. The van der Waals surface area contributed by atoms with Crippen molar-refractivity contribution in [1.29, 1.82) is 0 Å². The van der Waals surface area contributed by atoms with Crippen LogP contribution in [-0.2, 0) is 11.8 Å². The molecule has 1 saturated carbocycles. The lowest BCUT2D eigenvalue weighted by Crippen LogP contribution is -2.36. The molecule has 0 saturated heterocycles. The van der Waals surface area contributed by atoms with Crippen molar-refractivity contribution in [2.45, 2.75) is 26.7 Å². The van der Waals surface area contributed by atoms with E-state index in [2.05, 4.69) is 12.0 Å². The van der Waals surface area contributed by atoms with Gasteiger partial charge in [-0.25, -0.2) is 0 Å². The molecule has 0 N–H and O–H groups in total. The van der Waals surface area contributed by atoms with Crippen molar-refractivity contribution in [1.82, 2.24) is 9.78 Å². The van der Waals surface area contributed by atoms with Crippen LogP contribution in [0.4, 0.5) is 0 Å². The van der Waals surface area contributed by atoms with E-state index in [1.54, 1.807) is 24.0 Å². The van der Waals surface area contributed by atoms with Gasteiger partial charge in [-0.3, -0.25) is 14.3 Å². The molecule has 2 rings (SSSR count). The smallest absolute Gasteiger partial charge is 0.193 e. The molecular weight excluding hydrogens is 216 g/mol. The first-order chi connectivity index (χ1) is 7.99. The average Bonchev–Trinajstić information content (AvgIpc) is 2.63. The van der Waals surface area contributed by atoms with E-state index in [-0.39, 0.29) is 17.5 Å². The molecule has 0 amide bonds. The Balaban J connectivity index is 2.21. The Morgan fingerprint density at radius 3 is 2.71 bits per heavy atom. The molecule has 1 aromatic heterocycles. The summed E-state index contributed by atoms with van der Waals surface area (Å²) in [5.74, 6) is -0.00552. The molecule has 17 heavy (non-hydrogen) atoms. The Labute approximate surface area is 101 Å². The van der Waals surface area contributed by atoms with Crippen molar-refractivity contribution in [3.63, 3.8) is 0 Å². The van der Waals surface area contributed by atoms with Gasteiger partial charge in [0.1, 0.15) is 11.5 Å². The maximum Gasteiger partial charge on any atom is 0.193 e. The summed E-state index contributed by atoms with van der Waals surface area (Å²) in [6.07, 6.45) is 3.19. The van der Waals surface area contributed by atoms with Crippen LogP contribution >= 0.6 is 0 Å². The molecule has 1 aromatic rings. The van der Waals surface area contributed by atoms with E-state index in [4.69, 9.17) is 0 Å². The summed E-state index contributed by atoms with van der Waals surface area (Å²) in [4.78, 5) is 24.2. The second kappa shape index (κ2) is 4.43. The monoisotopic (exact) mass is 234 g/mol. The number of hydrogen-bond acceptors (Lipinski definition) is 3. The number of carbonyl (C=O) groups is 2. The molecule has 0 spiro atoms. The van der Waals surface area contributed by atoms with Crippen molar-refractivity contribution >= 4 is 11.6 Å². The second-order valence-electron chi connectivity index (χ2n) is 5.21. The maximum absolute atomic E-state index is 12.2. The number of nitrogens with zero attached hydrogens (tertiary/aromatic N) is 2. The predicted molar refractivity (Wildman–Crippen MR) is 63.6 cm³/mol. The third kappa shape index (κ3) is 2.30. The van der Waals surface area contributed by atoms with Gasteiger partial charge in [-0.15, -0.1) is 0 Å². The number of rotatable bonds is 2. The highest BCUT2D eigenvalue weighted by molar-refractivity contribution is 6.10. The van der Waals surface area contributed by atoms with Crippen molar-refractivity contribution in [2.75, 3.05) is 0 Å². The molecule has 0 radical (unpaired) electrons. The lowest BCUT2D eigenvalue weighted by Gasteiger charge is -2.29. The van der Waals surface area contributed by atoms with Gasteiger partial charge in [-0.1, -0.05) is 13.8 Å². The van der Waals surface area contributed by atoms with Crippen molar-refractivity contribution in [2.24, 2.45) is 24.8 Å². The van der Waals surface area contributed by atoms with Crippen LogP contribution in [0.3, 0.4) is 0 Å². The second-order valence-corrected chi connectivity index (χ2v) is 5.21. The van der Waals surface area contributed by atoms with Crippen molar-refractivity contribution in [3.05, 3.63) is 18.0 Å². The zero-order valence-corrected chi connectivity index (χ0v) is 10.5. The van der Waals surface area contributed by atoms with Gasteiger partial charge >= 0.3 is 0 Å². The van der Waals surface area contributed by atoms with Gasteiger partial charge in [0.2, 0.25) is 0 Å². The summed E-state index contributed by atoms with van der Waals surface area (Å²) in [6.45, 7) is 4.05. The normalized spacial score (nSPS) is 29.4. The Morgan fingerprint density at radius 1 is 1.47 bits per heavy atom. The minimum Gasteiger partial charge on any atom is -0.299 e. The van der Waals surface area contributed by atoms with E-state index in [9.17, 15) is 9.59 Å². The van der Waals surface area contributed by atoms with E-state index in [0.29, 0.717) is 18.0 Å². The first kappa shape index (κ1) is 12.0. The van der Waals surface area contributed by atoms with Crippen LogP contribution < -0.4 is 0 Å². The van der Waals surface area contributed by atoms with Gasteiger partial charge in [-0.2, -0.15) is 5.10 Å². The summed E-state index contributed by atoms with van der Waals surface area (Å²) in [5, 5.41) is 4.09.